The largest absolute Gasteiger partial charge is 0.496 e. The van der Waals surface area contributed by atoms with Gasteiger partial charge in [0.15, 0.2) is 11.6 Å². The number of H-pyrrole nitrogens is 1. The lowest BCUT2D eigenvalue weighted by molar-refractivity contribution is 0.408. The van der Waals surface area contributed by atoms with Crippen molar-refractivity contribution in [2.24, 2.45) is 0 Å². The van der Waals surface area contributed by atoms with Crippen molar-refractivity contribution in [2.75, 3.05) is 12.8 Å². The first-order valence-electron chi connectivity index (χ1n) is 4.46. The zero-order valence-corrected chi connectivity index (χ0v) is 8.42. The Morgan fingerprint density at radius 3 is 2.69 bits per heavy atom. The Bertz CT molecular complexity index is 525. The van der Waals surface area contributed by atoms with Gasteiger partial charge in [0.05, 0.1) is 18.4 Å². The molecule has 0 aliphatic heterocycles. The standard InChI is InChI=1S/C10H9F2N3O/c1-16-7-3-2-5(11)10(12)9(7)6-4-8(13)15-14-6/h2-4H,1H3,(H3,13,14,15). The van der Waals surface area contributed by atoms with Crippen LogP contribution in [0.25, 0.3) is 11.3 Å². The summed E-state index contributed by atoms with van der Waals surface area (Å²) in [5.41, 5.74) is 5.64. The van der Waals surface area contributed by atoms with E-state index in [1.165, 1.54) is 19.2 Å². The molecule has 1 aromatic carbocycles. The summed E-state index contributed by atoms with van der Waals surface area (Å²) in [6.45, 7) is 0. The molecule has 0 unspecified atom stereocenters. The monoisotopic (exact) mass is 225 g/mol. The van der Waals surface area contributed by atoms with E-state index in [4.69, 9.17) is 10.5 Å². The van der Waals surface area contributed by atoms with Crippen LogP contribution in [-0.2, 0) is 0 Å². The number of ether oxygens (including phenoxy) is 1. The maximum atomic E-state index is 13.6. The third-order valence-electron chi connectivity index (χ3n) is 2.14. The first kappa shape index (κ1) is 10.4. The van der Waals surface area contributed by atoms with E-state index in [0.717, 1.165) is 6.07 Å². The Labute approximate surface area is 90.0 Å². The Morgan fingerprint density at radius 1 is 1.38 bits per heavy atom. The lowest BCUT2D eigenvalue weighted by Crippen LogP contribution is -1.95. The number of aromatic amines is 1. The molecule has 0 aliphatic rings. The topological polar surface area (TPSA) is 63.9 Å². The van der Waals surface area contributed by atoms with Gasteiger partial charge in [-0.05, 0) is 12.1 Å². The molecular formula is C10H9F2N3O. The van der Waals surface area contributed by atoms with Gasteiger partial charge in [-0.3, -0.25) is 5.10 Å². The summed E-state index contributed by atoms with van der Waals surface area (Å²) in [5.74, 6) is -1.55. The highest BCUT2D eigenvalue weighted by atomic mass is 19.2. The summed E-state index contributed by atoms with van der Waals surface area (Å²) in [7, 11) is 1.37. The van der Waals surface area contributed by atoms with Crippen molar-refractivity contribution in [3.8, 4) is 17.0 Å². The number of aromatic nitrogens is 2. The molecule has 3 N–H and O–H groups in total. The van der Waals surface area contributed by atoms with E-state index in [0.29, 0.717) is 0 Å². The number of hydrogen-bond donors (Lipinski definition) is 2. The van der Waals surface area contributed by atoms with Crippen molar-refractivity contribution < 1.29 is 13.5 Å². The summed E-state index contributed by atoms with van der Waals surface area (Å²) >= 11 is 0. The fraction of sp³-hybridized carbons (Fsp3) is 0.100. The summed E-state index contributed by atoms with van der Waals surface area (Å²) in [4.78, 5) is 0. The number of methoxy groups -OCH3 is 1. The van der Waals surface area contributed by atoms with Crippen molar-refractivity contribution >= 4 is 5.82 Å². The van der Waals surface area contributed by atoms with Crippen LogP contribution in [-0.4, -0.2) is 17.3 Å². The van der Waals surface area contributed by atoms with Crippen LogP contribution in [0.2, 0.25) is 0 Å². The van der Waals surface area contributed by atoms with E-state index in [-0.39, 0.29) is 22.8 Å². The summed E-state index contributed by atoms with van der Waals surface area (Å²) in [6, 6.07) is 3.74. The average molecular weight is 225 g/mol. The van der Waals surface area contributed by atoms with Gasteiger partial charge in [0.25, 0.3) is 0 Å². The summed E-state index contributed by atoms with van der Waals surface area (Å²) < 4.78 is 31.6. The first-order chi connectivity index (χ1) is 7.63. The Morgan fingerprint density at radius 2 is 2.12 bits per heavy atom. The molecule has 0 saturated heterocycles. The molecule has 0 amide bonds. The maximum Gasteiger partial charge on any atom is 0.171 e. The Balaban J connectivity index is 2.66. The van der Waals surface area contributed by atoms with Gasteiger partial charge < -0.3 is 10.5 Å². The van der Waals surface area contributed by atoms with Gasteiger partial charge in [-0.1, -0.05) is 0 Å². The molecule has 0 bridgehead atoms. The number of anilines is 1. The van der Waals surface area contributed by atoms with Gasteiger partial charge in [-0.15, -0.1) is 0 Å². The van der Waals surface area contributed by atoms with Gasteiger partial charge in [-0.25, -0.2) is 8.78 Å². The highest BCUT2D eigenvalue weighted by Gasteiger charge is 2.17. The summed E-state index contributed by atoms with van der Waals surface area (Å²) in [5, 5.41) is 6.15. The lowest BCUT2D eigenvalue weighted by Gasteiger charge is -2.07. The zero-order valence-electron chi connectivity index (χ0n) is 8.42. The number of hydrogen-bond acceptors (Lipinski definition) is 3. The quantitative estimate of drug-likeness (QED) is 0.820. The normalized spacial score (nSPS) is 10.4. The maximum absolute atomic E-state index is 13.6. The number of rotatable bonds is 2. The van der Waals surface area contributed by atoms with Crippen LogP contribution < -0.4 is 10.5 Å². The average Bonchev–Trinajstić information content (AvgIpc) is 2.68. The second kappa shape index (κ2) is 3.80. The Kier molecular flexibility index (Phi) is 2.47. The predicted octanol–water partition coefficient (Wildman–Crippen LogP) is 1.95. The van der Waals surface area contributed by atoms with Crippen molar-refractivity contribution in [3.05, 3.63) is 29.8 Å². The predicted molar refractivity (Wildman–Crippen MR) is 54.9 cm³/mol. The van der Waals surface area contributed by atoms with Crippen molar-refractivity contribution in [3.63, 3.8) is 0 Å². The van der Waals surface area contributed by atoms with E-state index in [2.05, 4.69) is 10.2 Å². The van der Waals surface area contributed by atoms with Crippen LogP contribution >= 0.6 is 0 Å². The minimum atomic E-state index is -0.997. The molecule has 1 heterocycles. The van der Waals surface area contributed by atoms with Gasteiger partial charge in [0.1, 0.15) is 11.6 Å². The van der Waals surface area contributed by atoms with Crippen molar-refractivity contribution in [1.29, 1.82) is 0 Å². The number of benzene rings is 1. The first-order valence-corrected chi connectivity index (χ1v) is 4.46. The molecule has 0 radical (unpaired) electrons. The highest BCUT2D eigenvalue weighted by Crippen LogP contribution is 2.33. The smallest absolute Gasteiger partial charge is 0.171 e. The molecule has 16 heavy (non-hydrogen) atoms. The van der Waals surface area contributed by atoms with Crippen molar-refractivity contribution in [1.82, 2.24) is 10.2 Å². The molecule has 0 spiro atoms. The van der Waals surface area contributed by atoms with Gasteiger partial charge >= 0.3 is 0 Å². The molecule has 6 heteroatoms. The second-order valence-electron chi connectivity index (χ2n) is 3.15. The zero-order chi connectivity index (χ0) is 11.7. The van der Waals surface area contributed by atoms with Crippen LogP contribution in [0.4, 0.5) is 14.6 Å². The van der Waals surface area contributed by atoms with Gasteiger partial charge in [0.2, 0.25) is 0 Å². The Hall–Kier alpha value is -2.11. The minimum Gasteiger partial charge on any atom is -0.496 e. The molecule has 2 aromatic rings. The fourth-order valence-corrected chi connectivity index (χ4v) is 1.42. The third-order valence-corrected chi connectivity index (χ3v) is 2.14. The molecule has 0 aliphatic carbocycles. The molecule has 0 saturated carbocycles. The van der Waals surface area contributed by atoms with Crippen LogP contribution in [0, 0.1) is 11.6 Å². The van der Waals surface area contributed by atoms with Crippen LogP contribution in [0.3, 0.4) is 0 Å². The molecule has 0 atom stereocenters. The minimum absolute atomic E-state index is 0.0216. The van der Waals surface area contributed by atoms with Crippen LogP contribution in [0.5, 0.6) is 5.75 Å². The molecule has 2 rings (SSSR count). The van der Waals surface area contributed by atoms with E-state index < -0.39 is 11.6 Å². The van der Waals surface area contributed by atoms with Gasteiger partial charge in [-0.2, -0.15) is 5.10 Å². The number of nitrogens with zero attached hydrogens (tertiary/aromatic N) is 1. The third kappa shape index (κ3) is 1.58. The van der Waals surface area contributed by atoms with Crippen LogP contribution in [0.1, 0.15) is 0 Å². The van der Waals surface area contributed by atoms with E-state index in [9.17, 15) is 8.78 Å². The number of halogens is 2. The van der Waals surface area contributed by atoms with Crippen LogP contribution in [0.15, 0.2) is 18.2 Å². The number of nitrogens with two attached hydrogens (primary N) is 1. The fourth-order valence-electron chi connectivity index (χ4n) is 1.42. The number of nitrogens with one attached hydrogen (secondary N) is 1. The molecule has 1 aromatic heterocycles. The van der Waals surface area contributed by atoms with Gasteiger partial charge in [0, 0.05) is 6.07 Å². The summed E-state index contributed by atoms with van der Waals surface area (Å²) in [6.07, 6.45) is 0. The van der Waals surface area contributed by atoms with E-state index in [1.807, 2.05) is 0 Å². The number of nitrogen functional groups attached to an aromatic ring is 1. The second-order valence-corrected chi connectivity index (χ2v) is 3.15. The van der Waals surface area contributed by atoms with E-state index >= 15 is 0 Å². The molecular weight excluding hydrogens is 216 g/mol. The lowest BCUT2D eigenvalue weighted by atomic mass is 10.1. The molecule has 84 valence electrons. The van der Waals surface area contributed by atoms with Crippen molar-refractivity contribution in [2.45, 2.75) is 0 Å². The molecule has 0 fully saturated rings. The SMILES string of the molecule is COc1ccc(F)c(F)c1-c1cc(N)n[nH]1. The van der Waals surface area contributed by atoms with E-state index in [1.54, 1.807) is 0 Å². The highest BCUT2D eigenvalue weighted by molar-refractivity contribution is 5.69. The molecule has 4 nitrogen and oxygen atoms in total.